The first-order chi connectivity index (χ1) is 8.91. The number of rotatable bonds is 7. The highest BCUT2D eigenvalue weighted by molar-refractivity contribution is 7.53. The molecule has 0 unspecified atom stereocenters. The van der Waals surface area contributed by atoms with E-state index in [0.717, 1.165) is 0 Å². The van der Waals surface area contributed by atoms with Crippen LogP contribution < -0.4 is 0 Å². The van der Waals surface area contributed by atoms with Crippen LogP contribution in [0.2, 0.25) is 0 Å². The molecule has 0 heterocycles. The number of nitro groups is 1. The van der Waals surface area contributed by atoms with E-state index in [4.69, 9.17) is 9.05 Å². The SMILES string of the molecule is [CH2]c1cc([N+](=O)[O-])ccc1CP(=O)(OCC)OCC. The van der Waals surface area contributed by atoms with Gasteiger partial charge in [0.25, 0.3) is 5.69 Å². The molecule has 1 radical (unpaired) electrons. The zero-order valence-corrected chi connectivity index (χ0v) is 11.9. The Morgan fingerprint density at radius 3 is 2.32 bits per heavy atom. The lowest BCUT2D eigenvalue weighted by atomic mass is 10.1. The Hall–Kier alpha value is -1.23. The van der Waals surface area contributed by atoms with Crippen molar-refractivity contribution in [2.24, 2.45) is 0 Å². The van der Waals surface area contributed by atoms with Crippen molar-refractivity contribution in [3.05, 3.63) is 46.4 Å². The molecule has 0 saturated carbocycles. The molecule has 1 rings (SSSR count). The molecule has 0 aliphatic rings. The molecule has 0 bridgehead atoms. The molecule has 0 saturated heterocycles. The normalized spacial score (nSPS) is 11.5. The van der Waals surface area contributed by atoms with E-state index < -0.39 is 12.5 Å². The fourth-order valence-electron chi connectivity index (χ4n) is 1.61. The van der Waals surface area contributed by atoms with Crippen molar-refractivity contribution in [3.63, 3.8) is 0 Å². The molecule has 1 aromatic carbocycles. The van der Waals surface area contributed by atoms with Gasteiger partial charge in [0.05, 0.1) is 24.3 Å². The van der Waals surface area contributed by atoms with E-state index >= 15 is 0 Å². The molecule has 1 aromatic rings. The third-order valence-electron chi connectivity index (χ3n) is 2.42. The molecule has 0 N–H and O–H groups in total. The van der Waals surface area contributed by atoms with E-state index in [2.05, 4.69) is 6.92 Å². The maximum atomic E-state index is 12.3. The highest BCUT2D eigenvalue weighted by Gasteiger charge is 2.25. The number of hydrogen-bond donors (Lipinski definition) is 0. The number of benzene rings is 1. The summed E-state index contributed by atoms with van der Waals surface area (Å²) in [7, 11) is -3.22. The molecule has 6 nitrogen and oxygen atoms in total. The molecule has 0 spiro atoms. The van der Waals surface area contributed by atoms with Crippen LogP contribution in [0.4, 0.5) is 5.69 Å². The molecule has 0 aromatic heterocycles. The molecule has 0 fully saturated rings. The summed E-state index contributed by atoms with van der Waals surface area (Å²) in [5.41, 5.74) is 1.03. The van der Waals surface area contributed by atoms with E-state index in [1.165, 1.54) is 18.2 Å². The molecule has 0 atom stereocenters. The van der Waals surface area contributed by atoms with Gasteiger partial charge in [-0.1, -0.05) is 6.07 Å². The van der Waals surface area contributed by atoms with Crippen LogP contribution in [0.3, 0.4) is 0 Å². The van der Waals surface area contributed by atoms with Gasteiger partial charge in [-0.3, -0.25) is 14.7 Å². The van der Waals surface area contributed by atoms with Crippen molar-refractivity contribution in [2.75, 3.05) is 13.2 Å². The predicted octanol–water partition coefficient (Wildman–Crippen LogP) is 3.54. The predicted molar refractivity (Wildman–Crippen MR) is 72.1 cm³/mol. The van der Waals surface area contributed by atoms with Crippen molar-refractivity contribution in [1.82, 2.24) is 0 Å². The third kappa shape index (κ3) is 4.42. The van der Waals surface area contributed by atoms with Gasteiger partial charge in [0.15, 0.2) is 0 Å². The minimum Gasteiger partial charge on any atom is -0.309 e. The summed E-state index contributed by atoms with van der Waals surface area (Å²) < 4.78 is 22.7. The Bertz CT molecular complexity index is 493. The monoisotopic (exact) mass is 286 g/mol. The van der Waals surface area contributed by atoms with Gasteiger partial charge in [-0.15, -0.1) is 0 Å². The smallest absolute Gasteiger partial charge is 0.309 e. The molecule has 105 valence electrons. The topological polar surface area (TPSA) is 78.7 Å². The van der Waals surface area contributed by atoms with Crippen LogP contribution in [0.15, 0.2) is 18.2 Å². The number of non-ortho nitro benzene ring substituents is 1. The molecule has 0 aliphatic heterocycles. The summed E-state index contributed by atoms with van der Waals surface area (Å²) in [5, 5.41) is 10.6. The van der Waals surface area contributed by atoms with Gasteiger partial charge < -0.3 is 9.05 Å². The van der Waals surface area contributed by atoms with E-state index in [-0.39, 0.29) is 25.1 Å². The first-order valence-electron chi connectivity index (χ1n) is 5.89. The highest BCUT2D eigenvalue weighted by Crippen LogP contribution is 2.51. The largest absolute Gasteiger partial charge is 0.335 e. The minimum absolute atomic E-state index is 0.0450. The molecule has 19 heavy (non-hydrogen) atoms. The lowest BCUT2D eigenvalue weighted by Crippen LogP contribution is -2.01. The van der Waals surface area contributed by atoms with Gasteiger partial charge in [0.1, 0.15) is 0 Å². The fourth-order valence-corrected chi connectivity index (χ4v) is 3.38. The highest BCUT2D eigenvalue weighted by atomic mass is 31.2. The second kappa shape index (κ2) is 6.80. The van der Waals surface area contributed by atoms with E-state index in [9.17, 15) is 14.7 Å². The van der Waals surface area contributed by atoms with Crippen molar-refractivity contribution < 1.29 is 18.5 Å². The summed E-state index contributed by atoms with van der Waals surface area (Å²) >= 11 is 0. The van der Waals surface area contributed by atoms with Crippen molar-refractivity contribution in [3.8, 4) is 0 Å². The minimum atomic E-state index is -3.22. The van der Waals surface area contributed by atoms with Gasteiger partial charge in [-0.25, -0.2) is 0 Å². The van der Waals surface area contributed by atoms with Crippen LogP contribution in [0.5, 0.6) is 0 Å². The first kappa shape index (κ1) is 15.8. The summed E-state index contributed by atoms with van der Waals surface area (Å²) in [6.07, 6.45) is 0.0610. The van der Waals surface area contributed by atoms with Crippen LogP contribution in [0.1, 0.15) is 25.0 Å². The summed E-state index contributed by atoms with van der Waals surface area (Å²) in [6, 6.07) is 4.23. The van der Waals surface area contributed by atoms with Crippen LogP contribution in [0.25, 0.3) is 0 Å². The maximum absolute atomic E-state index is 12.3. The van der Waals surface area contributed by atoms with Crippen LogP contribution >= 0.6 is 7.60 Å². The Kier molecular flexibility index (Phi) is 5.66. The van der Waals surface area contributed by atoms with Crippen molar-refractivity contribution >= 4 is 13.3 Å². The second-order valence-electron chi connectivity index (χ2n) is 3.81. The number of nitrogens with zero attached hydrogens (tertiary/aromatic N) is 1. The van der Waals surface area contributed by atoms with Gasteiger partial charge in [0, 0.05) is 12.1 Å². The van der Waals surface area contributed by atoms with E-state index in [1.54, 1.807) is 13.8 Å². The van der Waals surface area contributed by atoms with Gasteiger partial charge in [0.2, 0.25) is 0 Å². The van der Waals surface area contributed by atoms with Gasteiger partial charge in [-0.2, -0.15) is 0 Å². The van der Waals surface area contributed by atoms with E-state index in [1.807, 2.05) is 0 Å². The average molecular weight is 286 g/mol. The molecule has 0 amide bonds. The van der Waals surface area contributed by atoms with Gasteiger partial charge in [-0.05, 0) is 31.9 Å². The first-order valence-corrected chi connectivity index (χ1v) is 7.62. The summed E-state index contributed by atoms with van der Waals surface area (Å²) in [4.78, 5) is 10.1. The summed E-state index contributed by atoms with van der Waals surface area (Å²) in [5.74, 6) is 0. The standard InChI is InChI=1S/C12H17NO5P/c1-4-17-19(16,18-5-2)9-11-6-7-12(13(14)15)8-10(11)3/h6-8H,3-5,9H2,1-2H3. The van der Waals surface area contributed by atoms with Crippen molar-refractivity contribution in [2.45, 2.75) is 20.0 Å². The molecular weight excluding hydrogens is 269 g/mol. The summed E-state index contributed by atoms with van der Waals surface area (Å²) in [6.45, 7) is 7.74. The van der Waals surface area contributed by atoms with E-state index in [0.29, 0.717) is 11.1 Å². The average Bonchev–Trinajstić information content (AvgIpc) is 2.32. The third-order valence-corrected chi connectivity index (χ3v) is 4.45. The Morgan fingerprint density at radius 1 is 1.32 bits per heavy atom. The Balaban J connectivity index is 2.97. The number of nitro benzene ring substituents is 1. The van der Waals surface area contributed by atoms with Crippen molar-refractivity contribution in [1.29, 1.82) is 0 Å². The van der Waals surface area contributed by atoms with Crippen LogP contribution in [-0.4, -0.2) is 18.1 Å². The second-order valence-corrected chi connectivity index (χ2v) is 5.87. The lowest BCUT2D eigenvalue weighted by Gasteiger charge is -2.17. The quantitative estimate of drug-likeness (QED) is 0.435. The zero-order valence-electron chi connectivity index (χ0n) is 11.0. The Labute approximate surface area is 112 Å². The Morgan fingerprint density at radius 2 is 1.89 bits per heavy atom. The molecule has 0 aliphatic carbocycles. The fraction of sp³-hybridized carbons (Fsp3) is 0.417. The maximum Gasteiger partial charge on any atom is 0.335 e. The number of hydrogen-bond acceptors (Lipinski definition) is 5. The van der Waals surface area contributed by atoms with Crippen LogP contribution in [0, 0.1) is 17.0 Å². The molecular formula is C12H17NO5P. The van der Waals surface area contributed by atoms with Crippen LogP contribution in [-0.2, 0) is 19.8 Å². The van der Waals surface area contributed by atoms with Gasteiger partial charge >= 0.3 is 7.60 Å². The zero-order chi connectivity index (χ0) is 14.5. The lowest BCUT2D eigenvalue weighted by molar-refractivity contribution is -0.384. The molecule has 7 heteroatoms.